The Kier molecular flexibility index (Phi) is 5.02. The van der Waals surface area contributed by atoms with Crippen LogP contribution in [0.1, 0.15) is 0 Å². The molecule has 0 saturated carbocycles. The van der Waals surface area contributed by atoms with E-state index in [2.05, 4.69) is 10.6 Å². The van der Waals surface area contributed by atoms with E-state index >= 15 is 0 Å². The number of hydrogen-bond acceptors (Lipinski definition) is 6. The van der Waals surface area contributed by atoms with Crippen molar-refractivity contribution >= 4 is 21.7 Å². The van der Waals surface area contributed by atoms with Crippen LogP contribution in [0.25, 0.3) is 0 Å². The van der Waals surface area contributed by atoms with E-state index in [9.17, 15) is 13.2 Å². The summed E-state index contributed by atoms with van der Waals surface area (Å²) in [4.78, 5) is 12.2. The van der Waals surface area contributed by atoms with Crippen molar-refractivity contribution in [2.45, 2.75) is 6.04 Å². The molecule has 1 saturated heterocycles. The van der Waals surface area contributed by atoms with Gasteiger partial charge in [-0.3, -0.25) is 0 Å². The molecule has 1 aromatic rings. The average molecular weight is 371 g/mol. The van der Waals surface area contributed by atoms with Gasteiger partial charge < -0.3 is 24.8 Å². The fraction of sp³-hybridized carbons (Fsp3) is 0.533. The highest BCUT2D eigenvalue weighted by Crippen LogP contribution is 2.34. The van der Waals surface area contributed by atoms with Crippen molar-refractivity contribution < 1.29 is 27.4 Å². The minimum absolute atomic E-state index is 0.0744. The zero-order chi connectivity index (χ0) is 18.0. The number of nitrogens with zero attached hydrogens (tertiary/aromatic N) is 1. The third-order valence-corrected chi connectivity index (χ3v) is 6.09. The van der Waals surface area contributed by atoms with E-state index in [1.165, 1.54) is 18.4 Å². The molecule has 1 aromatic carbocycles. The van der Waals surface area contributed by atoms with Gasteiger partial charge in [0.1, 0.15) is 0 Å². The summed E-state index contributed by atoms with van der Waals surface area (Å²) < 4.78 is 41.1. The van der Waals surface area contributed by atoms with E-state index in [4.69, 9.17) is 14.2 Å². The molecule has 2 N–H and O–H groups in total. The summed E-state index contributed by atoms with van der Waals surface area (Å²) in [5.41, 5.74) is 0.554. The summed E-state index contributed by atoms with van der Waals surface area (Å²) in [6, 6.07) is 4.28. The van der Waals surface area contributed by atoms with Crippen molar-refractivity contribution in [3.05, 3.63) is 18.2 Å². The smallest absolute Gasteiger partial charge is 0.319 e. The maximum Gasteiger partial charge on any atom is 0.319 e. The number of urea groups is 1. The Bertz CT molecular complexity index is 752. The van der Waals surface area contributed by atoms with E-state index < -0.39 is 16.1 Å². The van der Waals surface area contributed by atoms with Gasteiger partial charge in [0.2, 0.25) is 16.8 Å². The molecule has 0 spiro atoms. The molecule has 2 amide bonds. The molecule has 0 aromatic heterocycles. The molecular weight excluding hydrogens is 350 g/mol. The largest absolute Gasteiger partial charge is 0.454 e. The van der Waals surface area contributed by atoms with Crippen LogP contribution in [0.5, 0.6) is 11.5 Å². The van der Waals surface area contributed by atoms with Gasteiger partial charge in [0.25, 0.3) is 0 Å². The predicted octanol–water partition coefficient (Wildman–Crippen LogP) is 0.443. The second kappa shape index (κ2) is 7.06. The number of benzene rings is 1. The molecule has 25 heavy (non-hydrogen) atoms. The molecule has 10 heteroatoms. The van der Waals surface area contributed by atoms with Gasteiger partial charge in [-0.2, -0.15) is 0 Å². The highest BCUT2D eigenvalue weighted by Gasteiger charge is 2.34. The molecule has 9 nitrogen and oxygen atoms in total. The fourth-order valence-corrected chi connectivity index (χ4v) is 3.82. The standard InChI is InChI=1S/C15H21N3O6S/c1-18(2)25(20,21)8-10-6-22-7-12(10)17-15(19)16-11-3-4-13-14(5-11)24-9-23-13/h3-5,10,12H,6-9H2,1-2H3,(H2,16,17,19)/t10-,12+/m0/s1. The van der Waals surface area contributed by atoms with Gasteiger partial charge >= 0.3 is 6.03 Å². The summed E-state index contributed by atoms with van der Waals surface area (Å²) in [5, 5.41) is 5.48. The summed E-state index contributed by atoms with van der Waals surface area (Å²) in [6.07, 6.45) is 0. The molecule has 0 radical (unpaired) electrons. The zero-order valence-electron chi connectivity index (χ0n) is 14.0. The minimum atomic E-state index is -3.36. The number of hydrogen-bond donors (Lipinski definition) is 2. The number of carbonyl (C=O) groups excluding carboxylic acids is 1. The highest BCUT2D eigenvalue weighted by molar-refractivity contribution is 7.89. The van der Waals surface area contributed by atoms with E-state index in [1.807, 2.05) is 0 Å². The average Bonchev–Trinajstić information content (AvgIpc) is 3.16. The SMILES string of the molecule is CN(C)S(=O)(=O)C[C@@H]1COC[C@H]1NC(=O)Nc1ccc2c(c1)OCO2. The molecule has 2 atom stereocenters. The molecule has 0 unspecified atom stereocenters. The topological polar surface area (TPSA) is 106 Å². The van der Waals surface area contributed by atoms with Crippen molar-refractivity contribution in [3.63, 3.8) is 0 Å². The molecule has 0 aliphatic carbocycles. The van der Waals surface area contributed by atoms with Gasteiger partial charge in [-0.1, -0.05) is 0 Å². The summed E-state index contributed by atoms with van der Waals surface area (Å²) in [7, 11) is -0.393. The quantitative estimate of drug-likeness (QED) is 0.778. The Hall–Kier alpha value is -2.04. The summed E-state index contributed by atoms with van der Waals surface area (Å²) >= 11 is 0. The van der Waals surface area contributed by atoms with Crippen LogP contribution in [0.3, 0.4) is 0 Å². The van der Waals surface area contributed by atoms with Crippen LogP contribution in [-0.2, 0) is 14.8 Å². The summed E-state index contributed by atoms with van der Waals surface area (Å²) in [6.45, 7) is 0.733. The van der Waals surface area contributed by atoms with Crippen molar-refractivity contribution in [2.75, 3.05) is 45.2 Å². The van der Waals surface area contributed by atoms with Gasteiger partial charge in [-0.15, -0.1) is 0 Å². The van der Waals surface area contributed by atoms with Crippen LogP contribution in [0.15, 0.2) is 18.2 Å². The van der Waals surface area contributed by atoms with Crippen LogP contribution in [0.2, 0.25) is 0 Å². The zero-order valence-corrected chi connectivity index (χ0v) is 14.8. The van der Waals surface area contributed by atoms with Crippen LogP contribution in [0, 0.1) is 5.92 Å². The number of ether oxygens (including phenoxy) is 3. The van der Waals surface area contributed by atoms with Crippen LogP contribution in [-0.4, -0.2) is 64.7 Å². The molecule has 138 valence electrons. The summed E-state index contributed by atoms with van der Waals surface area (Å²) in [5.74, 6) is 0.825. The van der Waals surface area contributed by atoms with Gasteiger partial charge in [-0.05, 0) is 12.1 Å². The number of anilines is 1. The van der Waals surface area contributed by atoms with E-state index in [-0.39, 0.29) is 31.1 Å². The second-order valence-electron chi connectivity index (χ2n) is 6.13. The number of carbonyl (C=O) groups is 1. The first kappa shape index (κ1) is 17.8. The van der Waals surface area contributed by atoms with E-state index in [1.54, 1.807) is 18.2 Å². The predicted molar refractivity (Wildman–Crippen MR) is 90.3 cm³/mol. The Labute approximate surface area is 146 Å². The molecular formula is C15H21N3O6S. The maximum absolute atomic E-state index is 12.2. The fourth-order valence-electron chi connectivity index (χ4n) is 2.65. The monoisotopic (exact) mass is 371 g/mol. The minimum Gasteiger partial charge on any atom is -0.454 e. The molecule has 2 aliphatic heterocycles. The van der Waals surface area contributed by atoms with Gasteiger partial charge in [-0.25, -0.2) is 17.5 Å². The molecule has 2 aliphatic rings. The maximum atomic E-state index is 12.2. The van der Waals surface area contributed by atoms with E-state index in [0.29, 0.717) is 23.8 Å². The molecule has 0 bridgehead atoms. The van der Waals surface area contributed by atoms with Crippen molar-refractivity contribution in [2.24, 2.45) is 5.92 Å². The molecule has 2 heterocycles. The lowest BCUT2D eigenvalue weighted by Crippen LogP contribution is -2.45. The van der Waals surface area contributed by atoms with Crippen molar-refractivity contribution in [1.29, 1.82) is 0 Å². The number of amides is 2. The van der Waals surface area contributed by atoms with Gasteiger partial charge in [0.05, 0.1) is 25.0 Å². The van der Waals surface area contributed by atoms with Crippen LogP contribution < -0.4 is 20.1 Å². The lowest BCUT2D eigenvalue weighted by Gasteiger charge is -2.21. The second-order valence-corrected chi connectivity index (χ2v) is 8.36. The van der Waals surface area contributed by atoms with Gasteiger partial charge in [0.15, 0.2) is 11.5 Å². The van der Waals surface area contributed by atoms with Crippen LogP contribution >= 0.6 is 0 Å². The third kappa shape index (κ3) is 4.14. The highest BCUT2D eigenvalue weighted by atomic mass is 32.2. The molecule has 3 rings (SSSR count). The number of rotatable bonds is 5. The molecule has 1 fully saturated rings. The van der Waals surface area contributed by atoms with Gasteiger partial charge in [0, 0.05) is 31.8 Å². The number of nitrogens with one attached hydrogen (secondary N) is 2. The Morgan fingerprint density at radius 3 is 2.76 bits per heavy atom. The first-order chi connectivity index (χ1) is 11.8. The number of fused-ring (bicyclic) bond motifs is 1. The lowest BCUT2D eigenvalue weighted by molar-refractivity contribution is 0.174. The Morgan fingerprint density at radius 1 is 1.24 bits per heavy atom. The van der Waals surface area contributed by atoms with E-state index in [0.717, 1.165) is 0 Å². The van der Waals surface area contributed by atoms with Crippen LogP contribution in [0.4, 0.5) is 10.5 Å². The Morgan fingerprint density at radius 2 is 2.00 bits per heavy atom. The van der Waals surface area contributed by atoms with Crippen molar-refractivity contribution in [3.8, 4) is 11.5 Å². The lowest BCUT2D eigenvalue weighted by atomic mass is 10.1. The number of sulfonamides is 1. The first-order valence-electron chi connectivity index (χ1n) is 7.80. The van der Waals surface area contributed by atoms with Crippen molar-refractivity contribution in [1.82, 2.24) is 9.62 Å². The third-order valence-electron chi connectivity index (χ3n) is 4.13. The first-order valence-corrected chi connectivity index (χ1v) is 9.41. The Balaban J connectivity index is 1.58. The normalized spacial score (nSPS) is 22.2.